The van der Waals surface area contributed by atoms with E-state index in [4.69, 9.17) is 10.8 Å². The lowest BCUT2D eigenvalue weighted by atomic mass is 9.54. The molecule has 20 heavy (non-hydrogen) atoms. The smallest absolute Gasteiger partial charge is 0.308 e. The highest BCUT2D eigenvalue weighted by atomic mass is 16.4. The van der Waals surface area contributed by atoms with Crippen molar-refractivity contribution in [1.82, 2.24) is 9.78 Å². The van der Waals surface area contributed by atoms with Crippen molar-refractivity contribution in [3.8, 4) is 0 Å². The lowest BCUT2D eigenvalue weighted by molar-refractivity contribution is -0.136. The Morgan fingerprint density at radius 3 is 2.40 bits per heavy atom. The second-order valence-corrected chi connectivity index (χ2v) is 6.99. The molecule has 0 radical (unpaired) electrons. The molecule has 4 aliphatic rings. The molecule has 0 atom stereocenters. The zero-order chi connectivity index (χ0) is 13.9. The molecule has 5 rings (SSSR count). The van der Waals surface area contributed by atoms with Gasteiger partial charge in [0, 0.05) is 5.56 Å². The van der Waals surface area contributed by atoms with Crippen LogP contribution >= 0.6 is 0 Å². The summed E-state index contributed by atoms with van der Waals surface area (Å²) in [5, 5.41) is 13.4. The largest absolute Gasteiger partial charge is 0.481 e. The Bertz CT molecular complexity index is 523. The van der Waals surface area contributed by atoms with Crippen molar-refractivity contribution in [2.24, 2.45) is 23.7 Å². The van der Waals surface area contributed by atoms with Gasteiger partial charge in [0.1, 0.15) is 5.82 Å². The molecule has 0 aliphatic heterocycles. The minimum atomic E-state index is -0.846. The third-order valence-corrected chi connectivity index (χ3v) is 5.71. The highest BCUT2D eigenvalue weighted by molar-refractivity contribution is 5.72. The number of aliphatic carboxylic acids is 1. The summed E-state index contributed by atoms with van der Waals surface area (Å²) >= 11 is 0. The first-order chi connectivity index (χ1) is 9.61. The Morgan fingerprint density at radius 2 is 1.85 bits per heavy atom. The third-order valence-electron chi connectivity index (χ3n) is 5.71. The number of rotatable bonds is 3. The molecule has 4 aliphatic carbocycles. The van der Waals surface area contributed by atoms with Gasteiger partial charge in [-0.15, -0.1) is 0 Å². The molecule has 3 N–H and O–H groups in total. The summed E-state index contributed by atoms with van der Waals surface area (Å²) in [4.78, 5) is 10.9. The van der Waals surface area contributed by atoms with Crippen molar-refractivity contribution in [1.29, 1.82) is 0 Å². The van der Waals surface area contributed by atoms with E-state index in [9.17, 15) is 4.79 Å². The van der Waals surface area contributed by atoms with Crippen molar-refractivity contribution in [2.45, 2.75) is 44.6 Å². The van der Waals surface area contributed by atoms with Crippen LogP contribution in [0.15, 0.2) is 6.20 Å². The van der Waals surface area contributed by atoms with Crippen LogP contribution < -0.4 is 5.73 Å². The topological polar surface area (TPSA) is 81.1 Å². The van der Waals surface area contributed by atoms with Gasteiger partial charge in [-0.05, 0) is 55.8 Å². The number of carboxylic acid groups (broad SMARTS) is 1. The third kappa shape index (κ3) is 1.75. The Labute approximate surface area is 118 Å². The van der Waals surface area contributed by atoms with Gasteiger partial charge in [-0.25, -0.2) is 4.68 Å². The molecule has 0 unspecified atom stereocenters. The molecule has 4 bridgehead atoms. The van der Waals surface area contributed by atoms with Crippen LogP contribution in [0.25, 0.3) is 0 Å². The van der Waals surface area contributed by atoms with Gasteiger partial charge >= 0.3 is 5.97 Å². The Morgan fingerprint density at radius 1 is 1.25 bits per heavy atom. The van der Waals surface area contributed by atoms with E-state index in [0.29, 0.717) is 29.3 Å². The van der Waals surface area contributed by atoms with Gasteiger partial charge in [-0.3, -0.25) is 4.79 Å². The van der Waals surface area contributed by atoms with E-state index in [-0.39, 0.29) is 6.42 Å². The summed E-state index contributed by atoms with van der Waals surface area (Å²) in [5.74, 6) is 2.97. The van der Waals surface area contributed by atoms with E-state index >= 15 is 0 Å². The van der Waals surface area contributed by atoms with Crippen LogP contribution in [-0.4, -0.2) is 20.9 Å². The molecule has 5 nitrogen and oxygen atoms in total. The molecule has 0 amide bonds. The first kappa shape index (κ1) is 12.2. The van der Waals surface area contributed by atoms with Gasteiger partial charge in [0.25, 0.3) is 0 Å². The van der Waals surface area contributed by atoms with Crippen LogP contribution in [0.3, 0.4) is 0 Å². The maximum Gasteiger partial charge on any atom is 0.308 e. The molecule has 1 aromatic heterocycles. The number of hydrogen-bond acceptors (Lipinski definition) is 3. The van der Waals surface area contributed by atoms with E-state index in [1.807, 2.05) is 4.68 Å². The normalized spacial score (nSPS) is 38.3. The van der Waals surface area contributed by atoms with E-state index in [1.165, 1.54) is 32.1 Å². The fourth-order valence-corrected chi connectivity index (χ4v) is 5.24. The van der Waals surface area contributed by atoms with E-state index < -0.39 is 5.97 Å². The Balaban J connectivity index is 1.64. The number of anilines is 1. The summed E-state index contributed by atoms with van der Waals surface area (Å²) in [7, 11) is 0. The number of nitrogen functional groups attached to an aromatic ring is 1. The number of carbonyl (C=O) groups is 1. The predicted molar refractivity (Wildman–Crippen MR) is 74.1 cm³/mol. The standard InChI is InChI=1S/C15H21N3O2/c16-15-12(6-13(19)20)7-17-18(15)14-10-2-8-1-9(4-10)5-11(14)3-8/h7-11,14H,1-6,16H2,(H,19,20). The second kappa shape index (κ2) is 4.24. The number of nitrogens with zero attached hydrogens (tertiary/aromatic N) is 2. The van der Waals surface area contributed by atoms with Crippen LogP contribution in [0.5, 0.6) is 0 Å². The lowest BCUT2D eigenvalue weighted by Gasteiger charge is -2.54. The van der Waals surface area contributed by atoms with E-state index in [2.05, 4.69) is 5.10 Å². The van der Waals surface area contributed by atoms with Crippen molar-refractivity contribution in [2.75, 3.05) is 5.73 Å². The summed E-state index contributed by atoms with van der Waals surface area (Å²) in [6.07, 6.45) is 8.29. The molecule has 1 heterocycles. The summed E-state index contributed by atoms with van der Waals surface area (Å²) in [6.45, 7) is 0. The van der Waals surface area contributed by atoms with Gasteiger partial charge in [0.2, 0.25) is 0 Å². The molecule has 0 aromatic carbocycles. The molecule has 4 saturated carbocycles. The summed E-state index contributed by atoms with van der Waals surface area (Å²) in [6, 6.07) is 0.408. The molecule has 5 heteroatoms. The molecular formula is C15H21N3O2. The molecule has 1 aromatic rings. The number of aromatic nitrogens is 2. The van der Waals surface area contributed by atoms with Gasteiger partial charge in [-0.2, -0.15) is 5.10 Å². The van der Waals surface area contributed by atoms with E-state index in [0.717, 1.165) is 11.8 Å². The average Bonchev–Trinajstić information content (AvgIpc) is 2.70. The maximum absolute atomic E-state index is 10.9. The maximum atomic E-state index is 10.9. The molecule has 108 valence electrons. The zero-order valence-electron chi connectivity index (χ0n) is 11.5. The quantitative estimate of drug-likeness (QED) is 0.885. The molecule has 4 fully saturated rings. The Kier molecular flexibility index (Phi) is 2.59. The fraction of sp³-hybridized carbons (Fsp3) is 0.733. The highest BCUT2D eigenvalue weighted by Crippen LogP contribution is 2.58. The van der Waals surface area contributed by atoms with Crippen LogP contribution in [0.4, 0.5) is 5.82 Å². The van der Waals surface area contributed by atoms with Gasteiger partial charge in [0.15, 0.2) is 0 Å². The van der Waals surface area contributed by atoms with Crippen molar-refractivity contribution in [3.63, 3.8) is 0 Å². The number of carboxylic acids is 1. The first-order valence-corrected chi connectivity index (χ1v) is 7.65. The van der Waals surface area contributed by atoms with Crippen LogP contribution in [-0.2, 0) is 11.2 Å². The van der Waals surface area contributed by atoms with Crippen LogP contribution in [0.1, 0.15) is 43.7 Å². The minimum absolute atomic E-state index is 0.0286. The monoisotopic (exact) mass is 275 g/mol. The predicted octanol–water partition coefficient (Wildman–Crippen LogP) is 2.09. The summed E-state index contributed by atoms with van der Waals surface area (Å²) < 4.78 is 1.95. The van der Waals surface area contributed by atoms with Crippen molar-refractivity contribution >= 4 is 11.8 Å². The van der Waals surface area contributed by atoms with Crippen LogP contribution in [0, 0.1) is 23.7 Å². The van der Waals surface area contributed by atoms with Gasteiger partial charge in [-0.1, -0.05) is 0 Å². The van der Waals surface area contributed by atoms with Gasteiger partial charge < -0.3 is 10.8 Å². The molecule has 0 spiro atoms. The van der Waals surface area contributed by atoms with Crippen LogP contribution in [0.2, 0.25) is 0 Å². The molecular weight excluding hydrogens is 254 g/mol. The lowest BCUT2D eigenvalue weighted by Crippen LogP contribution is -2.46. The second-order valence-electron chi connectivity index (χ2n) is 6.99. The minimum Gasteiger partial charge on any atom is -0.481 e. The van der Waals surface area contributed by atoms with Gasteiger partial charge in [0.05, 0.1) is 18.7 Å². The first-order valence-electron chi connectivity index (χ1n) is 7.65. The molecule has 0 saturated heterocycles. The number of hydrogen-bond donors (Lipinski definition) is 2. The SMILES string of the molecule is Nc1c(CC(=O)O)cnn1C1C2CC3CC(C2)CC1C3. The highest BCUT2D eigenvalue weighted by Gasteiger charge is 2.49. The number of nitrogens with two attached hydrogens (primary N) is 1. The van der Waals surface area contributed by atoms with E-state index in [1.54, 1.807) is 6.20 Å². The van der Waals surface area contributed by atoms with Crippen molar-refractivity contribution in [3.05, 3.63) is 11.8 Å². The fourth-order valence-electron chi connectivity index (χ4n) is 5.24. The van der Waals surface area contributed by atoms with Crippen molar-refractivity contribution < 1.29 is 9.90 Å². The average molecular weight is 275 g/mol. The summed E-state index contributed by atoms with van der Waals surface area (Å²) in [5.41, 5.74) is 6.83. The zero-order valence-corrected chi connectivity index (χ0v) is 11.5. The Hall–Kier alpha value is -1.52.